The van der Waals surface area contributed by atoms with Gasteiger partial charge in [-0.3, -0.25) is 0 Å². The molecule has 0 fully saturated rings. The normalized spacial score (nSPS) is 14.0. The minimum atomic E-state index is -1.37. The third-order valence-electron chi connectivity index (χ3n) is 2.54. The maximum atomic E-state index is 4.65. The van der Waals surface area contributed by atoms with Crippen molar-refractivity contribution in [2.24, 2.45) is 9.89 Å². The molecule has 0 N–H and O–H groups in total. The minimum Gasteiger partial charge on any atom is -0.238 e. The summed E-state index contributed by atoms with van der Waals surface area (Å²) in [6.07, 6.45) is 0. The summed E-state index contributed by atoms with van der Waals surface area (Å²) in [7, 11) is -1.37. The van der Waals surface area contributed by atoms with Gasteiger partial charge in [0, 0.05) is 0 Å². The summed E-state index contributed by atoms with van der Waals surface area (Å²) in [5.41, 5.74) is -0.00222. The molecular formula is C10H24N2Si. The van der Waals surface area contributed by atoms with Crippen molar-refractivity contribution in [2.45, 2.75) is 65.2 Å². The fraction of sp³-hybridized carbons (Fsp3) is 1.00. The Balaban J connectivity index is 4.51. The number of rotatable bonds is 4. The summed E-state index contributed by atoms with van der Waals surface area (Å²) >= 11 is 0. The number of nitrogens with zero attached hydrogens (tertiary/aromatic N) is 2. The van der Waals surface area contributed by atoms with Gasteiger partial charge < -0.3 is 0 Å². The summed E-state index contributed by atoms with van der Waals surface area (Å²) < 4.78 is 4.65. The maximum absolute atomic E-state index is 4.65. The van der Waals surface area contributed by atoms with Crippen LogP contribution in [-0.2, 0) is 0 Å². The van der Waals surface area contributed by atoms with Gasteiger partial charge in [-0.1, -0.05) is 20.8 Å². The van der Waals surface area contributed by atoms with Gasteiger partial charge in [-0.2, -0.15) is 5.11 Å². The molecule has 0 saturated heterocycles. The largest absolute Gasteiger partial charge is 0.238 e. The van der Waals surface area contributed by atoms with E-state index < -0.39 is 8.24 Å². The van der Waals surface area contributed by atoms with E-state index in [1.54, 1.807) is 0 Å². The molecule has 0 spiro atoms. The highest BCUT2D eigenvalue weighted by Crippen LogP contribution is 2.23. The van der Waals surface area contributed by atoms with Crippen LogP contribution in [0.5, 0.6) is 0 Å². The van der Waals surface area contributed by atoms with Crippen LogP contribution in [0.2, 0.25) is 18.1 Å². The predicted octanol–water partition coefficient (Wildman–Crippen LogP) is 4.24. The van der Waals surface area contributed by atoms with E-state index in [1.807, 2.05) is 0 Å². The first-order valence-electron chi connectivity index (χ1n) is 5.33. The van der Waals surface area contributed by atoms with Crippen LogP contribution in [0, 0.1) is 0 Å². The Bertz CT molecular complexity index is 158. The first-order valence-corrected chi connectivity index (χ1v) is 7.90. The lowest BCUT2D eigenvalue weighted by atomic mass is 10.1. The second-order valence-corrected chi connectivity index (χ2v) is 9.43. The molecule has 0 saturated carbocycles. The monoisotopic (exact) mass is 200 g/mol. The topological polar surface area (TPSA) is 24.7 Å². The highest BCUT2D eigenvalue weighted by molar-refractivity contribution is 6.77. The van der Waals surface area contributed by atoms with Gasteiger partial charge in [0.25, 0.3) is 0 Å². The van der Waals surface area contributed by atoms with Gasteiger partial charge in [0.05, 0.1) is 5.54 Å². The summed E-state index contributed by atoms with van der Waals surface area (Å²) in [6.45, 7) is 13.1. The van der Waals surface area contributed by atoms with E-state index in [0.717, 1.165) is 0 Å². The van der Waals surface area contributed by atoms with Gasteiger partial charge in [-0.05, 0) is 38.9 Å². The molecule has 0 heterocycles. The van der Waals surface area contributed by atoms with Crippen molar-refractivity contribution in [3.8, 4) is 0 Å². The molecule has 0 aliphatic rings. The molecule has 0 amide bonds. The van der Waals surface area contributed by atoms with Crippen LogP contribution in [0.3, 0.4) is 0 Å². The van der Waals surface area contributed by atoms with E-state index in [0.29, 0.717) is 0 Å². The third-order valence-corrected chi connectivity index (χ3v) is 7.01. The zero-order valence-electron chi connectivity index (χ0n) is 10.0. The Kier molecular flexibility index (Phi) is 4.82. The van der Waals surface area contributed by atoms with Gasteiger partial charge in [-0.15, -0.1) is 0 Å². The Hall–Kier alpha value is -0.183. The van der Waals surface area contributed by atoms with E-state index >= 15 is 0 Å². The Labute approximate surface area is 83.9 Å². The number of hydrogen-bond acceptors (Lipinski definition) is 2. The molecule has 0 unspecified atom stereocenters. The molecule has 0 bridgehead atoms. The van der Waals surface area contributed by atoms with E-state index in [2.05, 4.69) is 51.4 Å². The molecule has 78 valence electrons. The van der Waals surface area contributed by atoms with Gasteiger partial charge in [0.15, 0.2) is 0 Å². The minimum absolute atomic E-state index is 0.00222. The lowest BCUT2D eigenvalue weighted by molar-refractivity contribution is 0.553. The molecule has 0 rings (SSSR count). The van der Waals surface area contributed by atoms with E-state index in [1.165, 1.54) is 18.1 Å². The van der Waals surface area contributed by atoms with Crippen LogP contribution in [0.4, 0.5) is 0 Å². The van der Waals surface area contributed by atoms with Crippen molar-refractivity contribution in [3.63, 3.8) is 0 Å². The molecule has 0 radical (unpaired) electrons. The van der Waals surface area contributed by atoms with Crippen molar-refractivity contribution in [3.05, 3.63) is 0 Å². The van der Waals surface area contributed by atoms with Gasteiger partial charge >= 0.3 is 0 Å². The van der Waals surface area contributed by atoms with Gasteiger partial charge in [0.2, 0.25) is 8.24 Å². The Morgan fingerprint density at radius 2 is 1.31 bits per heavy atom. The molecule has 0 aromatic carbocycles. The van der Waals surface area contributed by atoms with Crippen molar-refractivity contribution in [2.75, 3.05) is 0 Å². The molecule has 0 aliphatic heterocycles. The van der Waals surface area contributed by atoms with Crippen molar-refractivity contribution >= 4 is 8.24 Å². The fourth-order valence-corrected chi connectivity index (χ4v) is 3.65. The predicted molar refractivity (Wildman–Crippen MR) is 61.8 cm³/mol. The van der Waals surface area contributed by atoms with Crippen LogP contribution in [0.1, 0.15) is 41.5 Å². The SMILES string of the molecule is CC[Si](CC)(CC)N=NC(C)(C)C. The Morgan fingerprint density at radius 1 is 0.923 bits per heavy atom. The first-order chi connectivity index (χ1) is 5.89. The quantitative estimate of drug-likeness (QED) is 0.479. The summed E-state index contributed by atoms with van der Waals surface area (Å²) in [4.78, 5) is 0. The van der Waals surface area contributed by atoms with Crippen LogP contribution < -0.4 is 0 Å². The van der Waals surface area contributed by atoms with Crippen molar-refractivity contribution in [1.82, 2.24) is 0 Å². The van der Waals surface area contributed by atoms with E-state index in [9.17, 15) is 0 Å². The average Bonchev–Trinajstić information content (AvgIpc) is 2.06. The maximum Gasteiger partial charge on any atom is 0.208 e. The van der Waals surface area contributed by atoms with Gasteiger partial charge in [0.1, 0.15) is 0 Å². The standard InChI is InChI=1S/C10H24N2Si/c1-7-13(8-2,9-3)12-11-10(4,5)6/h7-9H2,1-6H3. The molecule has 0 aliphatic carbocycles. The second-order valence-electron chi connectivity index (χ2n) is 4.66. The molecule has 0 aromatic rings. The molecule has 2 nitrogen and oxygen atoms in total. The van der Waals surface area contributed by atoms with E-state index in [-0.39, 0.29) is 5.54 Å². The fourth-order valence-electron chi connectivity index (χ4n) is 1.22. The van der Waals surface area contributed by atoms with Crippen LogP contribution in [0.15, 0.2) is 9.89 Å². The summed E-state index contributed by atoms with van der Waals surface area (Å²) in [5, 5.41) is 4.43. The highest BCUT2D eigenvalue weighted by Gasteiger charge is 2.28. The molecular weight excluding hydrogens is 176 g/mol. The van der Waals surface area contributed by atoms with Crippen LogP contribution >= 0.6 is 0 Å². The average molecular weight is 200 g/mol. The third kappa shape index (κ3) is 4.55. The van der Waals surface area contributed by atoms with Crippen LogP contribution in [0.25, 0.3) is 0 Å². The molecule has 3 heteroatoms. The van der Waals surface area contributed by atoms with Crippen LogP contribution in [-0.4, -0.2) is 13.8 Å². The summed E-state index contributed by atoms with van der Waals surface area (Å²) in [5.74, 6) is 0. The lowest BCUT2D eigenvalue weighted by Gasteiger charge is -2.22. The molecule has 13 heavy (non-hydrogen) atoms. The highest BCUT2D eigenvalue weighted by atomic mass is 28.3. The van der Waals surface area contributed by atoms with Crippen molar-refractivity contribution < 1.29 is 0 Å². The zero-order chi connectivity index (χ0) is 10.5. The zero-order valence-corrected chi connectivity index (χ0v) is 11.0. The molecule has 0 aromatic heterocycles. The lowest BCUT2D eigenvalue weighted by Crippen LogP contribution is -2.29. The van der Waals surface area contributed by atoms with Crippen molar-refractivity contribution in [1.29, 1.82) is 0 Å². The van der Waals surface area contributed by atoms with Gasteiger partial charge in [-0.25, -0.2) is 4.78 Å². The Morgan fingerprint density at radius 3 is 1.54 bits per heavy atom. The summed E-state index contributed by atoms with van der Waals surface area (Å²) in [6, 6.07) is 3.67. The van der Waals surface area contributed by atoms with E-state index in [4.69, 9.17) is 0 Å². The molecule has 0 atom stereocenters. The first kappa shape index (κ1) is 12.8. The smallest absolute Gasteiger partial charge is 0.208 e. The number of hydrogen-bond donors (Lipinski definition) is 0. The second kappa shape index (κ2) is 4.89.